The molecule has 0 spiro atoms. The van der Waals surface area contributed by atoms with Crippen molar-refractivity contribution >= 4 is 5.91 Å². The van der Waals surface area contributed by atoms with E-state index in [1.54, 1.807) is 0 Å². The summed E-state index contributed by atoms with van der Waals surface area (Å²) in [5.74, 6) is 1.75. The molecule has 1 aromatic rings. The van der Waals surface area contributed by atoms with Crippen molar-refractivity contribution in [3.8, 4) is 5.75 Å². The largest absolute Gasteiger partial charge is 0.484 e. The molecule has 1 N–H and O–H groups in total. The molecule has 1 heterocycles. The van der Waals surface area contributed by atoms with Crippen molar-refractivity contribution in [2.75, 3.05) is 26.2 Å². The van der Waals surface area contributed by atoms with Gasteiger partial charge in [-0.2, -0.15) is 0 Å². The van der Waals surface area contributed by atoms with E-state index in [1.807, 2.05) is 6.07 Å². The van der Waals surface area contributed by atoms with Crippen molar-refractivity contribution in [1.82, 2.24) is 10.2 Å². The zero-order chi connectivity index (χ0) is 18.5. The lowest BCUT2D eigenvalue weighted by Gasteiger charge is -2.35. The fraction of sp³-hybridized carbons (Fsp3) is 0.696. The second kappa shape index (κ2) is 9.09. The van der Waals surface area contributed by atoms with Gasteiger partial charge in [-0.05, 0) is 74.1 Å². The van der Waals surface area contributed by atoms with Crippen LogP contribution in [-0.4, -0.2) is 43.1 Å². The van der Waals surface area contributed by atoms with Crippen LogP contribution in [-0.2, 0) is 17.6 Å². The van der Waals surface area contributed by atoms with E-state index in [2.05, 4.69) is 22.3 Å². The van der Waals surface area contributed by atoms with Crippen molar-refractivity contribution in [3.63, 3.8) is 0 Å². The number of fused-ring (bicyclic) bond motifs is 1. The SMILES string of the molecule is O=C(COc1ccc2c(c1)CCC2)NC1CCN(CC2CCCCC2)CC1. The first-order valence-electron chi connectivity index (χ1n) is 11.0. The van der Waals surface area contributed by atoms with E-state index < -0.39 is 0 Å². The lowest BCUT2D eigenvalue weighted by atomic mass is 9.88. The summed E-state index contributed by atoms with van der Waals surface area (Å²) in [7, 11) is 0. The Morgan fingerprint density at radius 3 is 2.59 bits per heavy atom. The van der Waals surface area contributed by atoms with Gasteiger partial charge in [-0.25, -0.2) is 0 Å². The number of aryl methyl sites for hydroxylation is 2. The van der Waals surface area contributed by atoms with E-state index in [-0.39, 0.29) is 12.5 Å². The van der Waals surface area contributed by atoms with E-state index >= 15 is 0 Å². The number of nitrogens with zero attached hydrogens (tertiary/aromatic N) is 1. The fourth-order valence-corrected chi connectivity index (χ4v) is 5.05. The third kappa shape index (κ3) is 5.25. The van der Waals surface area contributed by atoms with Crippen LogP contribution in [0.3, 0.4) is 0 Å². The maximum atomic E-state index is 12.3. The summed E-state index contributed by atoms with van der Waals surface area (Å²) in [5.41, 5.74) is 2.82. The highest BCUT2D eigenvalue weighted by Crippen LogP contribution is 2.26. The first kappa shape index (κ1) is 18.8. The molecule has 27 heavy (non-hydrogen) atoms. The van der Waals surface area contributed by atoms with Crippen LogP contribution >= 0.6 is 0 Å². The molecule has 4 nitrogen and oxygen atoms in total. The second-order valence-electron chi connectivity index (χ2n) is 8.72. The number of likely N-dealkylation sites (tertiary alicyclic amines) is 1. The monoisotopic (exact) mass is 370 g/mol. The van der Waals surface area contributed by atoms with Crippen LogP contribution in [0.1, 0.15) is 62.5 Å². The number of carbonyl (C=O) groups is 1. The zero-order valence-electron chi connectivity index (χ0n) is 16.5. The Bertz CT molecular complexity index is 631. The van der Waals surface area contributed by atoms with Crippen LogP contribution in [0.25, 0.3) is 0 Å². The van der Waals surface area contributed by atoms with E-state index in [0.717, 1.165) is 44.0 Å². The summed E-state index contributed by atoms with van der Waals surface area (Å²) in [4.78, 5) is 14.9. The minimum absolute atomic E-state index is 0.0150. The van der Waals surface area contributed by atoms with E-state index in [1.165, 1.54) is 62.6 Å². The van der Waals surface area contributed by atoms with Gasteiger partial charge in [-0.15, -0.1) is 0 Å². The van der Waals surface area contributed by atoms with Crippen LogP contribution in [0.15, 0.2) is 18.2 Å². The van der Waals surface area contributed by atoms with Crippen LogP contribution in [0.4, 0.5) is 0 Å². The van der Waals surface area contributed by atoms with E-state index in [9.17, 15) is 4.79 Å². The highest BCUT2D eigenvalue weighted by Gasteiger charge is 2.23. The molecular formula is C23H34N2O2. The third-order valence-corrected chi connectivity index (χ3v) is 6.63. The van der Waals surface area contributed by atoms with Crippen molar-refractivity contribution in [2.45, 2.75) is 70.3 Å². The topological polar surface area (TPSA) is 41.6 Å². The number of rotatable bonds is 6. The summed E-state index contributed by atoms with van der Waals surface area (Å²) in [6.45, 7) is 3.63. The molecule has 0 aromatic heterocycles. The van der Waals surface area contributed by atoms with Gasteiger partial charge in [0, 0.05) is 25.7 Å². The number of nitrogens with one attached hydrogen (secondary N) is 1. The zero-order valence-corrected chi connectivity index (χ0v) is 16.5. The predicted octanol–water partition coefficient (Wildman–Crippen LogP) is 3.72. The van der Waals surface area contributed by atoms with Crippen molar-refractivity contribution < 1.29 is 9.53 Å². The number of carbonyl (C=O) groups excluding carboxylic acids is 1. The molecule has 0 radical (unpaired) electrons. The van der Waals surface area contributed by atoms with Crippen LogP contribution < -0.4 is 10.1 Å². The van der Waals surface area contributed by atoms with Gasteiger partial charge in [-0.1, -0.05) is 25.3 Å². The molecular weight excluding hydrogens is 336 g/mol. The minimum Gasteiger partial charge on any atom is -0.484 e. The summed E-state index contributed by atoms with van der Waals surface area (Å²) in [6.07, 6.45) is 12.8. The molecule has 2 aliphatic carbocycles. The standard InChI is InChI=1S/C23H34N2O2/c26-23(17-27-22-10-9-19-7-4-8-20(19)15-22)24-21-11-13-25(14-12-21)16-18-5-2-1-3-6-18/h9-10,15,18,21H,1-8,11-14,16-17H2,(H,24,26). The molecule has 1 aromatic carbocycles. The number of benzene rings is 1. The highest BCUT2D eigenvalue weighted by molar-refractivity contribution is 5.77. The van der Waals surface area contributed by atoms with Gasteiger partial charge in [0.05, 0.1) is 0 Å². The van der Waals surface area contributed by atoms with E-state index in [4.69, 9.17) is 4.74 Å². The smallest absolute Gasteiger partial charge is 0.258 e. The molecule has 3 aliphatic rings. The van der Waals surface area contributed by atoms with Crippen LogP contribution in [0.5, 0.6) is 5.75 Å². The Balaban J connectivity index is 1.15. The number of hydrogen-bond acceptors (Lipinski definition) is 3. The fourth-order valence-electron chi connectivity index (χ4n) is 5.05. The molecule has 0 atom stereocenters. The van der Waals surface area contributed by atoms with Gasteiger partial charge >= 0.3 is 0 Å². The summed E-state index contributed by atoms with van der Waals surface area (Å²) in [5, 5.41) is 3.18. The third-order valence-electron chi connectivity index (χ3n) is 6.63. The number of amides is 1. The molecule has 0 unspecified atom stereocenters. The van der Waals surface area contributed by atoms with E-state index in [0.29, 0.717) is 6.04 Å². The highest BCUT2D eigenvalue weighted by atomic mass is 16.5. The Hall–Kier alpha value is -1.55. The maximum Gasteiger partial charge on any atom is 0.258 e. The average Bonchev–Trinajstić information content (AvgIpc) is 3.17. The van der Waals surface area contributed by atoms with Gasteiger partial charge in [0.1, 0.15) is 5.75 Å². The lowest BCUT2D eigenvalue weighted by molar-refractivity contribution is -0.124. The summed E-state index contributed by atoms with van der Waals surface area (Å²) < 4.78 is 5.73. The molecule has 1 saturated carbocycles. The summed E-state index contributed by atoms with van der Waals surface area (Å²) in [6, 6.07) is 6.57. The quantitative estimate of drug-likeness (QED) is 0.830. The number of hydrogen-bond donors (Lipinski definition) is 1. The van der Waals surface area contributed by atoms with Crippen molar-refractivity contribution in [2.24, 2.45) is 5.92 Å². The molecule has 1 saturated heterocycles. The van der Waals surface area contributed by atoms with Crippen LogP contribution in [0, 0.1) is 5.92 Å². The molecule has 148 valence electrons. The first-order chi connectivity index (χ1) is 13.3. The van der Waals surface area contributed by atoms with Crippen molar-refractivity contribution in [1.29, 1.82) is 0 Å². The minimum atomic E-state index is 0.0150. The lowest BCUT2D eigenvalue weighted by Crippen LogP contribution is -2.47. The summed E-state index contributed by atoms with van der Waals surface area (Å²) >= 11 is 0. The first-order valence-corrected chi connectivity index (χ1v) is 11.0. The Kier molecular flexibility index (Phi) is 6.33. The Labute approximate surface area is 163 Å². The normalized spacial score (nSPS) is 21.8. The number of piperidine rings is 1. The molecule has 4 rings (SSSR count). The van der Waals surface area contributed by atoms with Gasteiger partial charge in [-0.3, -0.25) is 4.79 Å². The Morgan fingerprint density at radius 1 is 1.00 bits per heavy atom. The predicted molar refractivity (Wildman–Crippen MR) is 108 cm³/mol. The molecule has 1 amide bonds. The van der Waals surface area contributed by atoms with Gasteiger partial charge < -0.3 is 15.0 Å². The molecule has 2 fully saturated rings. The van der Waals surface area contributed by atoms with Crippen molar-refractivity contribution in [3.05, 3.63) is 29.3 Å². The second-order valence-corrected chi connectivity index (χ2v) is 8.72. The van der Waals surface area contributed by atoms with Gasteiger partial charge in [0.2, 0.25) is 0 Å². The molecule has 4 heteroatoms. The van der Waals surface area contributed by atoms with Gasteiger partial charge in [0.25, 0.3) is 5.91 Å². The van der Waals surface area contributed by atoms with Crippen LogP contribution in [0.2, 0.25) is 0 Å². The number of ether oxygens (including phenoxy) is 1. The Morgan fingerprint density at radius 2 is 1.78 bits per heavy atom. The maximum absolute atomic E-state index is 12.3. The average molecular weight is 371 g/mol. The molecule has 0 bridgehead atoms. The van der Waals surface area contributed by atoms with Gasteiger partial charge in [0.15, 0.2) is 6.61 Å². The molecule has 1 aliphatic heterocycles.